The number of carbonyl (C=O) groups is 1. The molecule has 7 nitrogen and oxygen atoms in total. The molecule has 3 fully saturated rings. The minimum Gasteiger partial charge on any atom is -0.376 e. The molecule has 0 spiro atoms. The normalized spacial score (nSPS) is 24.7. The Bertz CT molecular complexity index is 526. The summed E-state index contributed by atoms with van der Waals surface area (Å²) in [5, 5.41) is 7.03. The minimum atomic E-state index is 0. The number of rotatable bonds is 6. The molecule has 3 aliphatic rings. The van der Waals surface area contributed by atoms with Gasteiger partial charge in [0.05, 0.1) is 6.10 Å². The van der Waals surface area contributed by atoms with Gasteiger partial charge in [0.25, 0.3) is 0 Å². The highest BCUT2D eigenvalue weighted by Gasteiger charge is 2.26. The van der Waals surface area contributed by atoms with Gasteiger partial charge in [-0.25, -0.2) is 4.99 Å². The van der Waals surface area contributed by atoms with Gasteiger partial charge in [0.2, 0.25) is 5.91 Å². The third-order valence-corrected chi connectivity index (χ3v) is 6.60. The summed E-state index contributed by atoms with van der Waals surface area (Å²) in [4.78, 5) is 20.9. The molecule has 30 heavy (non-hydrogen) atoms. The molecule has 2 saturated heterocycles. The zero-order valence-electron chi connectivity index (χ0n) is 18.9. The van der Waals surface area contributed by atoms with E-state index in [4.69, 9.17) is 4.74 Å². The summed E-state index contributed by atoms with van der Waals surface area (Å²) in [6.07, 6.45) is 13.0. The average Bonchev–Trinajstić information content (AvgIpc) is 2.77. The molecule has 1 aliphatic carbocycles. The van der Waals surface area contributed by atoms with Crippen LogP contribution >= 0.6 is 24.0 Å². The summed E-state index contributed by atoms with van der Waals surface area (Å²) >= 11 is 0. The van der Waals surface area contributed by atoms with Gasteiger partial charge in [0.15, 0.2) is 5.96 Å². The molecule has 174 valence electrons. The fourth-order valence-electron chi connectivity index (χ4n) is 4.67. The molecule has 0 aromatic heterocycles. The molecule has 2 heterocycles. The van der Waals surface area contributed by atoms with E-state index in [9.17, 15) is 4.79 Å². The molecule has 0 bridgehead atoms. The Labute approximate surface area is 199 Å². The van der Waals surface area contributed by atoms with Crippen LogP contribution in [0.4, 0.5) is 0 Å². The Morgan fingerprint density at radius 3 is 2.37 bits per heavy atom. The van der Waals surface area contributed by atoms with Crippen LogP contribution in [0.1, 0.15) is 64.2 Å². The van der Waals surface area contributed by atoms with Crippen molar-refractivity contribution >= 4 is 35.8 Å². The van der Waals surface area contributed by atoms with Gasteiger partial charge in [-0.2, -0.15) is 0 Å². The van der Waals surface area contributed by atoms with E-state index in [0.29, 0.717) is 6.04 Å². The molecular weight excluding hydrogens is 493 g/mol. The Kier molecular flexibility index (Phi) is 11.7. The highest BCUT2D eigenvalue weighted by atomic mass is 127. The first-order chi connectivity index (χ1) is 14.1. The van der Waals surface area contributed by atoms with Gasteiger partial charge in [-0.05, 0) is 44.9 Å². The van der Waals surface area contributed by atoms with Crippen LogP contribution in [0.5, 0.6) is 0 Å². The summed E-state index contributed by atoms with van der Waals surface area (Å²) < 4.78 is 5.84. The molecular formula is C22H42IN5O2. The SMILES string of the molecule is CN(C)C(=O)CN=C(NCC1CCCCO1)NC1CCN(C2CCCCC2)CC1.I. The van der Waals surface area contributed by atoms with Gasteiger partial charge in [-0.15, -0.1) is 24.0 Å². The van der Waals surface area contributed by atoms with Crippen LogP contribution in [0, 0.1) is 0 Å². The number of nitrogens with zero attached hydrogens (tertiary/aromatic N) is 3. The van der Waals surface area contributed by atoms with E-state index < -0.39 is 0 Å². The Hall–Kier alpha value is -0.610. The van der Waals surface area contributed by atoms with Crippen LogP contribution in [-0.4, -0.2) is 86.7 Å². The molecule has 3 rings (SSSR count). The van der Waals surface area contributed by atoms with Crippen LogP contribution in [0.2, 0.25) is 0 Å². The molecule has 1 saturated carbocycles. The molecule has 1 unspecified atom stereocenters. The maximum absolute atomic E-state index is 12.0. The van der Waals surface area contributed by atoms with E-state index in [1.54, 1.807) is 19.0 Å². The predicted octanol–water partition coefficient (Wildman–Crippen LogP) is 2.59. The number of amides is 1. The second kappa shape index (κ2) is 13.7. The zero-order valence-corrected chi connectivity index (χ0v) is 21.2. The van der Waals surface area contributed by atoms with Crippen molar-refractivity contribution in [3.05, 3.63) is 0 Å². The average molecular weight is 536 g/mol. The van der Waals surface area contributed by atoms with E-state index in [-0.39, 0.29) is 42.5 Å². The lowest BCUT2D eigenvalue weighted by molar-refractivity contribution is -0.127. The molecule has 1 amide bonds. The van der Waals surface area contributed by atoms with Crippen LogP contribution < -0.4 is 10.6 Å². The van der Waals surface area contributed by atoms with Crippen molar-refractivity contribution in [1.82, 2.24) is 20.4 Å². The number of piperidine rings is 1. The molecule has 1 atom stereocenters. The van der Waals surface area contributed by atoms with Crippen molar-refractivity contribution < 1.29 is 9.53 Å². The molecule has 0 aromatic carbocycles. The summed E-state index contributed by atoms with van der Waals surface area (Å²) in [6.45, 7) is 4.11. The maximum Gasteiger partial charge on any atom is 0.243 e. The van der Waals surface area contributed by atoms with E-state index in [1.807, 2.05) is 0 Å². The van der Waals surface area contributed by atoms with Gasteiger partial charge in [0.1, 0.15) is 6.54 Å². The Morgan fingerprint density at radius 2 is 1.73 bits per heavy atom. The predicted molar refractivity (Wildman–Crippen MR) is 133 cm³/mol. The monoisotopic (exact) mass is 535 g/mol. The van der Waals surface area contributed by atoms with Crippen LogP contribution in [0.25, 0.3) is 0 Å². The van der Waals surface area contributed by atoms with E-state index in [0.717, 1.165) is 63.9 Å². The maximum atomic E-state index is 12.0. The number of halogens is 1. The van der Waals surface area contributed by atoms with E-state index >= 15 is 0 Å². The van der Waals surface area contributed by atoms with Crippen molar-refractivity contribution in [3.63, 3.8) is 0 Å². The number of guanidine groups is 1. The minimum absolute atomic E-state index is 0. The topological polar surface area (TPSA) is 69.2 Å². The fraction of sp³-hybridized carbons (Fsp3) is 0.909. The first-order valence-corrected chi connectivity index (χ1v) is 11.7. The van der Waals surface area contributed by atoms with E-state index in [2.05, 4.69) is 20.5 Å². The smallest absolute Gasteiger partial charge is 0.243 e. The number of likely N-dealkylation sites (N-methyl/N-ethyl adjacent to an activating group) is 1. The summed E-state index contributed by atoms with van der Waals surface area (Å²) in [5.74, 6) is 0.776. The number of likely N-dealkylation sites (tertiary alicyclic amines) is 1. The third-order valence-electron chi connectivity index (χ3n) is 6.60. The summed E-state index contributed by atoms with van der Waals surface area (Å²) in [5.41, 5.74) is 0. The van der Waals surface area contributed by atoms with Gasteiger partial charge in [-0.3, -0.25) is 4.79 Å². The highest BCUT2D eigenvalue weighted by Crippen LogP contribution is 2.25. The first kappa shape index (κ1) is 25.6. The lowest BCUT2D eigenvalue weighted by atomic mass is 9.92. The lowest BCUT2D eigenvalue weighted by Crippen LogP contribution is -2.52. The standard InChI is InChI=1S/C22H41N5O2.HI/c1-26(2)21(28)17-24-22(23-16-20-10-6-7-15-29-20)25-18-11-13-27(14-12-18)19-8-4-3-5-9-19;/h18-20H,3-17H2,1-2H3,(H2,23,24,25);1H. The second-order valence-corrected chi connectivity index (χ2v) is 9.07. The van der Waals surface area contributed by atoms with Crippen molar-refractivity contribution in [2.45, 2.75) is 82.4 Å². The Balaban J connectivity index is 0.00000320. The quantitative estimate of drug-likeness (QED) is 0.311. The van der Waals surface area contributed by atoms with Crippen molar-refractivity contribution in [2.24, 2.45) is 4.99 Å². The number of ether oxygens (including phenoxy) is 1. The van der Waals surface area contributed by atoms with Crippen molar-refractivity contribution in [3.8, 4) is 0 Å². The van der Waals surface area contributed by atoms with Crippen molar-refractivity contribution in [2.75, 3.05) is 46.9 Å². The highest BCUT2D eigenvalue weighted by molar-refractivity contribution is 14.0. The molecule has 2 N–H and O–H groups in total. The first-order valence-electron chi connectivity index (χ1n) is 11.7. The van der Waals surface area contributed by atoms with Crippen LogP contribution in [-0.2, 0) is 9.53 Å². The van der Waals surface area contributed by atoms with Gasteiger partial charge >= 0.3 is 0 Å². The number of hydrogen-bond donors (Lipinski definition) is 2. The molecule has 8 heteroatoms. The van der Waals surface area contributed by atoms with Gasteiger partial charge < -0.3 is 25.2 Å². The third kappa shape index (κ3) is 8.49. The Morgan fingerprint density at radius 1 is 1.03 bits per heavy atom. The lowest BCUT2D eigenvalue weighted by Gasteiger charge is -2.39. The number of aliphatic imine (C=N–C) groups is 1. The summed E-state index contributed by atoms with van der Waals surface area (Å²) in [7, 11) is 3.55. The summed E-state index contributed by atoms with van der Waals surface area (Å²) in [6, 6.07) is 1.22. The number of hydrogen-bond acceptors (Lipinski definition) is 4. The number of carbonyl (C=O) groups excluding carboxylic acids is 1. The van der Waals surface area contributed by atoms with Crippen molar-refractivity contribution in [1.29, 1.82) is 0 Å². The molecule has 0 aromatic rings. The van der Waals surface area contributed by atoms with Gasteiger partial charge in [0, 0.05) is 52.4 Å². The van der Waals surface area contributed by atoms with Crippen LogP contribution in [0.15, 0.2) is 4.99 Å². The van der Waals surface area contributed by atoms with E-state index in [1.165, 1.54) is 38.5 Å². The number of nitrogens with one attached hydrogen (secondary N) is 2. The second-order valence-electron chi connectivity index (χ2n) is 9.07. The molecule has 0 radical (unpaired) electrons. The van der Waals surface area contributed by atoms with Gasteiger partial charge in [-0.1, -0.05) is 19.3 Å². The fourth-order valence-corrected chi connectivity index (χ4v) is 4.67. The van der Waals surface area contributed by atoms with Crippen LogP contribution in [0.3, 0.4) is 0 Å². The zero-order chi connectivity index (χ0) is 20.5. The largest absolute Gasteiger partial charge is 0.376 e. The molecule has 2 aliphatic heterocycles.